The summed E-state index contributed by atoms with van der Waals surface area (Å²) in [6, 6.07) is 12.0. The van der Waals surface area contributed by atoms with Gasteiger partial charge < -0.3 is 14.7 Å². The standard InChI is InChI=1S/C18H21N5O/c1-5-23(15-8-6-7-12(2)9-15)18-19-13(3)10-16(21-18)20-17-11-14(4)24-22-17/h6-11H,5H2,1-4H3,(H,19,20,21,22). The molecule has 0 atom stereocenters. The third kappa shape index (κ3) is 3.53. The summed E-state index contributed by atoms with van der Waals surface area (Å²) in [7, 11) is 0. The molecule has 3 aromatic rings. The Morgan fingerprint density at radius 3 is 2.54 bits per heavy atom. The Balaban J connectivity index is 1.94. The van der Waals surface area contributed by atoms with Crippen LogP contribution >= 0.6 is 0 Å². The van der Waals surface area contributed by atoms with Gasteiger partial charge in [0.1, 0.15) is 11.6 Å². The Labute approximate surface area is 141 Å². The summed E-state index contributed by atoms with van der Waals surface area (Å²) in [5, 5.41) is 7.11. The van der Waals surface area contributed by atoms with E-state index in [-0.39, 0.29) is 0 Å². The van der Waals surface area contributed by atoms with E-state index in [2.05, 4.69) is 57.4 Å². The van der Waals surface area contributed by atoms with Crippen LogP contribution in [0.25, 0.3) is 0 Å². The largest absolute Gasteiger partial charge is 0.360 e. The molecule has 0 saturated carbocycles. The van der Waals surface area contributed by atoms with Crippen LogP contribution in [-0.4, -0.2) is 21.7 Å². The van der Waals surface area contributed by atoms with E-state index in [4.69, 9.17) is 4.52 Å². The monoisotopic (exact) mass is 323 g/mol. The highest BCUT2D eigenvalue weighted by atomic mass is 16.5. The molecule has 0 aliphatic heterocycles. The number of anilines is 4. The highest BCUT2D eigenvalue weighted by Gasteiger charge is 2.13. The normalized spacial score (nSPS) is 10.7. The van der Waals surface area contributed by atoms with Gasteiger partial charge in [0.2, 0.25) is 5.95 Å². The second-order valence-corrected chi connectivity index (χ2v) is 5.73. The van der Waals surface area contributed by atoms with Crippen LogP contribution in [0.15, 0.2) is 40.9 Å². The maximum atomic E-state index is 5.08. The van der Waals surface area contributed by atoms with Crippen LogP contribution < -0.4 is 10.2 Å². The number of benzene rings is 1. The zero-order chi connectivity index (χ0) is 17.1. The molecule has 0 fully saturated rings. The van der Waals surface area contributed by atoms with Gasteiger partial charge in [-0.3, -0.25) is 0 Å². The molecule has 0 radical (unpaired) electrons. The first-order valence-electron chi connectivity index (χ1n) is 7.95. The van der Waals surface area contributed by atoms with Gasteiger partial charge >= 0.3 is 0 Å². The molecule has 0 bridgehead atoms. The summed E-state index contributed by atoms with van der Waals surface area (Å²) < 4.78 is 5.08. The second kappa shape index (κ2) is 6.70. The minimum absolute atomic E-state index is 0.634. The minimum Gasteiger partial charge on any atom is -0.360 e. The minimum atomic E-state index is 0.634. The van der Waals surface area contributed by atoms with Crippen molar-refractivity contribution in [3.05, 3.63) is 53.4 Å². The average Bonchev–Trinajstić information content (AvgIpc) is 2.92. The molecule has 0 amide bonds. The van der Waals surface area contributed by atoms with Crippen LogP contribution in [-0.2, 0) is 0 Å². The Morgan fingerprint density at radius 2 is 1.88 bits per heavy atom. The van der Waals surface area contributed by atoms with Crippen LogP contribution in [0.2, 0.25) is 0 Å². The maximum Gasteiger partial charge on any atom is 0.232 e. The summed E-state index contributed by atoms with van der Waals surface area (Å²) in [4.78, 5) is 11.3. The van der Waals surface area contributed by atoms with Gasteiger partial charge in [0, 0.05) is 30.1 Å². The van der Waals surface area contributed by atoms with Crippen molar-refractivity contribution >= 4 is 23.3 Å². The molecular weight excluding hydrogens is 302 g/mol. The topological polar surface area (TPSA) is 67.1 Å². The van der Waals surface area contributed by atoms with Crippen molar-refractivity contribution in [3.63, 3.8) is 0 Å². The molecule has 124 valence electrons. The number of aryl methyl sites for hydroxylation is 3. The average molecular weight is 323 g/mol. The van der Waals surface area contributed by atoms with Crippen LogP contribution in [0.5, 0.6) is 0 Å². The molecule has 1 aromatic carbocycles. The summed E-state index contributed by atoms with van der Waals surface area (Å²) >= 11 is 0. The predicted octanol–water partition coefficient (Wildman–Crippen LogP) is 4.29. The van der Waals surface area contributed by atoms with Gasteiger partial charge in [-0.2, -0.15) is 4.98 Å². The van der Waals surface area contributed by atoms with Gasteiger partial charge in [-0.05, 0) is 45.4 Å². The van der Waals surface area contributed by atoms with Gasteiger partial charge in [0.25, 0.3) is 0 Å². The van der Waals surface area contributed by atoms with Gasteiger partial charge in [-0.1, -0.05) is 17.3 Å². The van der Waals surface area contributed by atoms with Crippen molar-refractivity contribution in [1.29, 1.82) is 0 Å². The lowest BCUT2D eigenvalue weighted by Crippen LogP contribution is -2.19. The maximum absolute atomic E-state index is 5.08. The van der Waals surface area contributed by atoms with Crippen LogP contribution in [0.1, 0.15) is 23.9 Å². The Bertz CT molecular complexity index is 843. The summed E-state index contributed by atoms with van der Waals surface area (Å²) in [6.45, 7) is 8.74. The number of hydrogen-bond donors (Lipinski definition) is 1. The van der Waals surface area contributed by atoms with E-state index in [1.807, 2.05) is 32.0 Å². The van der Waals surface area contributed by atoms with E-state index in [1.165, 1.54) is 5.56 Å². The van der Waals surface area contributed by atoms with E-state index >= 15 is 0 Å². The fourth-order valence-electron chi connectivity index (χ4n) is 2.53. The molecule has 6 nitrogen and oxygen atoms in total. The van der Waals surface area contributed by atoms with Crippen molar-refractivity contribution in [3.8, 4) is 0 Å². The third-order valence-electron chi connectivity index (χ3n) is 3.60. The molecule has 6 heteroatoms. The molecule has 0 unspecified atom stereocenters. The van der Waals surface area contributed by atoms with Crippen molar-refractivity contribution in [2.45, 2.75) is 27.7 Å². The molecular formula is C18H21N5O. The Kier molecular flexibility index (Phi) is 4.46. The fourth-order valence-corrected chi connectivity index (χ4v) is 2.53. The highest BCUT2D eigenvalue weighted by molar-refractivity contribution is 5.61. The van der Waals surface area contributed by atoms with Crippen LogP contribution in [0.4, 0.5) is 23.3 Å². The summed E-state index contributed by atoms with van der Waals surface area (Å²) in [5.74, 6) is 2.73. The Morgan fingerprint density at radius 1 is 1.04 bits per heavy atom. The van der Waals surface area contributed by atoms with Gasteiger partial charge in [-0.15, -0.1) is 0 Å². The molecule has 0 spiro atoms. The van der Waals surface area contributed by atoms with E-state index in [0.29, 0.717) is 17.6 Å². The van der Waals surface area contributed by atoms with Crippen LogP contribution in [0, 0.1) is 20.8 Å². The zero-order valence-corrected chi connectivity index (χ0v) is 14.4. The van der Waals surface area contributed by atoms with Crippen molar-refractivity contribution in [2.75, 3.05) is 16.8 Å². The van der Waals surface area contributed by atoms with Crippen molar-refractivity contribution < 1.29 is 4.52 Å². The Hall–Kier alpha value is -2.89. The number of hydrogen-bond acceptors (Lipinski definition) is 6. The van der Waals surface area contributed by atoms with E-state index in [0.717, 1.165) is 23.7 Å². The summed E-state index contributed by atoms with van der Waals surface area (Å²) in [6.07, 6.45) is 0. The zero-order valence-electron chi connectivity index (χ0n) is 14.4. The van der Waals surface area contributed by atoms with Gasteiger partial charge in [-0.25, -0.2) is 4.98 Å². The fraction of sp³-hybridized carbons (Fsp3) is 0.278. The lowest BCUT2D eigenvalue weighted by Gasteiger charge is -2.22. The molecule has 0 aliphatic carbocycles. The van der Waals surface area contributed by atoms with Crippen molar-refractivity contribution in [2.24, 2.45) is 0 Å². The molecule has 2 heterocycles. The highest BCUT2D eigenvalue weighted by Crippen LogP contribution is 2.25. The molecule has 3 rings (SSSR count). The molecule has 24 heavy (non-hydrogen) atoms. The number of rotatable bonds is 5. The van der Waals surface area contributed by atoms with E-state index in [1.54, 1.807) is 0 Å². The second-order valence-electron chi connectivity index (χ2n) is 5.73. The molecule has 0 aliphatic rings. The lowest BCUT2D eigenvalue weighted by molar-refractivity contribution is 0.400. The number of nitrogens with zero attached hydrogens (tertiary/aromatic N) is 4. The number of nitrogens with one attached hydrogen (secondary N) is 1. The third-order valence-corrected chi connectivity index (χ3v) is 3.60. The molecule has 0 saturated heterocycles. The molecule has 2 aromatic heterocycles. The van der Waals surface area contributed by atoms with Gasteiger partial charge in [0.15, 0.2) is 5.82 Å². The predicted molar refractivity (Wildman–Crippen MR) is 95.2 cm³/mol. The quantitative estimate of drug-likeness (QED) is 0.755. The lowest BCUT2D eigenvalue weighted by atomic mass is 10.2. The van der Waals surface area contributed by atoms with Crippen molar-refractivity contribution in [1.82, 2.24) is 15.1 Å². The van der Waals surface area contributed by atoms with Gasteiger partial charge in [0.05, 0.1) is 0 Å². The number of aromatic nitrogens is 3. The SMILES string of the molecule is CCN(c1cccc(C)c1)c1nc(C)cc(Nc2cc(C)on2)n1. The smallest absolute Gasteiger partial charge is 0.232 e. The molecule has 1 N–H and O–H groups in total. The van der Waals surface area contributed by atoms with E-state index in [9.17, 15) is 0 Å². The summed E-state index contributed by atoms with van der Waals surface area (Å²) in [5.41, 5.74) is 3.16. The van der Waals surface area contributed by atoms with Crippen LogP contribution in [0.3, 0.4) is 0 Å². The first-order valence-corrected chi connectivity index (χ1v) is 7.95. The van der Waals surface area contributed by atoms with E-state index < -0.39 is 0 Å². The first kappa shape index (κ1) is 16.0. The first-order chi connectivity index (χ1) is 11.5.